The molecule has 2 aromatic rings. The van der Waals surface area contributed by atoms with Crippen molar-refractivity contribution in [2.45, 2.75) is 12.6 Å². The van der Waals surface area contributed by atoms with Crippen LogP contribution in [0.15, 0.2) is 30.6 Å². The number of amides is 1. The summed E-state index contributed by atoms with van der Waals surface area (Å²) in [5, 5.41) is 14.4. The number of aromatic nitrogens is 4. The van der Waals surface area contributed by atoms with Crippen molar-refractivity contribution in [3.05, 3.63) is 41.2 Å². The highest BCUT2D eigenvalue weighted by Crippen LogP contribution is 2.27. The Morgan fingerprint density at radius 1 is 1.33 bits per heavy atom. The van der Waals surface area contributed by atoms with Gasteiger partial charge >= 0.3 is 0 Å². The Morgan fingerprint density at radius 2 is 2.12 bits per heavy atom. The summed E-state index contributed by atoms with van der Waals surface area (Å²) in [6.45, 7) is 3.52. The van der Waals surface area contributed by atoms with Crippen LogP contribution in [0.5, 0.6) is 0 Å². The van der Waals surface area contributed by atoms with E-state index in [4.69, 9.17) is 16.3 Å². The third-order valence-electron chi connectivity index (χ3n) is 3.94. The van der Waals surface area contributed by atoms with Crippen LogP contribution in [0.25, 0.3) is 0 Å². The minimum atomic E-state index is -0.146. The monoisotopic (exact) mass is 350 g/mol. The van der Waals surface area contributed by atoms with Crippen molar-refractivity contribution >= 4 is 17.5 Å². The molecule has 1 aromatic heterocycles. The number of carbonyl (C=O) groups excluding carboxylic acids is 1. The second-order valence-corrected chi connectivity index (χ2v) is 5.90. The van der Waals surface area contributed by atoms with E-state index in [0.717, 1.165) is 18.7 Å². The molecule has 1 aliphatic heterocycles. The van der Waals surface area contributed by atoms with Crippen LogP contribution < -0.4 is 5.32 Å². The van der Waals surface area contributed by atoms with Crippen LogP contribution in [-0.2, 0) is 16.1 Å². The van der Waals surface area contributed by atoms with Crippen LogP contribution in [0.4, 0.5) is 0 Å². The molecule has 24 heavy (non-hydrogen) atoms. The SMILES string of the molecule is O=C(Cn1cnnn1)NCC(c1ccccc1Cl)N1CCOCC1. The normalized spacial score (nSPS) is 16.7. The van der Waals surface area contributed by atoms with E-state index in [1.54, 1.807) is 0 Å². The van der Waals surface area contributed by atoms with E-state index in [9.17, 15) is 4.79 Å². The van der Waals surface area contributed by atoms with Gasteiger partial charge in [-0.05, 0) is 22.1 Å². The Morgan fingerprint density at radius 3 is 2.83 bits per heavy atom. The first-order chi connectivity index (χ1) is 11.7. The second kappa shape index (κ2) is 8.18. The Bertz CT molecular complexity index is 660. The molecule has 8 nitrogen and oxygen atoms in total. The van der Waals surface area contributed by atoms with Gasteiger partial charge in [-0.15, -0.1) is 5.10 Å². The van der Waals surface area contributed by atoms with Gasteiger partial charge in [-0.25, -0.2) is 4.68 Å². The second-order valence-electron chi connectivity index (χ2n) is 5.50. The number of benzene rings is 1. The van der Waals surface area contributed by atoms with Crippen molar-refractivity contribution in [1.29, 1.82) is 0 Å². The average Bonchev–Trinajstić information content (AvgIpc) is 3.10. The molecule has 1 fully saturated rings. The van der Waals surface area contributed by atoms with Gasteiger partial charge < -0.3 is 10.1 Å². The number of halogens is 1. The molecule has 9 heteroatoms. The van der Waals surface area contributed by atoms with E-state index in [1.165, 1.54) is 11.0 Å². The zero-order valence-electron chi connectivity index (χ0n) is 13.1. The zero-order chi connectivity index (χ0) is 16.8. The highest BCUT2D eigenvalue weighted by Gasteiger charge is 2.24. The molecular formula is C15H19ClN6O2. The molecule has 2 heterocycles. The lowest BCUT2D eigenvalue weighted by Crippen LogP contribution is -2.44. The molecule has 0 saturated carbocycles. The van der Waals surface area contributed by atoms with Gasteiger partial charge in [0, 0.05) is 24.7 Å². The largest absolute Gasteiger partial charge is 0.379 e. The predicted octanol–water partition coefficient (Wildman–Crippen LogP) is 0.516. The van der Waals surface area contributed by atoms with Crippen LogP contribution in [0.3, 0.4) is 0 Å². The molecule has 0 radical (unpaired) electrons. The van der Waals surface area contributed by atoms with Gasteiger partial charge in [-0.2, -0.15) is 0 Å². The number of tetrazole rings is 1. The molecule has 1 aromatic carbocycles. The Labute approximate surface area is 144 Å². The maximum atomic E-state index is 12.1. The lowest BCUT2D eigenvalue weighted by molar-refractivity contribution is -0.122. The van der Waals surface area contributed by atoms with Gasteiger partial charge in [0.05, 0.1) is 19.3 Å². The van der Waals surface area contributed by atoms with E-state index < -0.39 is 0 Å². The van der Waals surface area contributed by atoms with E-state index >= 15 is 0 Å². The van der Waals surface area contributed by atoms with Crippen molar-refractivity contribution < 1.29 is 9.53 Å². The van der Waals surface area contributed by atoms with Gasteiger partial charge in [0.25, 0.3) is 0 Å². The highest BCUT2D eigenvalue weighted by atomic mass is 35.5. The van der Waals surface area contributed by atoms with Gasteiger partial charge in [-0.1, -0.05) is 29.8 Å². The number of morpholine rings is 1. The standard InChI is InChI=1S/C15H19ClN6O2/c16-13-4-2-1-3-12(13)14(21-5-7-24-8-6-21)9-17-15(23)10-22-11-18-19-20-22/h1-4,11,14H,5-10H2,(H,17,23). The first kappa shape index (κ1) is 16.8. The summed E-state index contributed by atoms with van der Waals surface area (Å²) in [6, 6.07) is 7.72. The third kappa shape index (κ3) is 4.28. The number of nitrogens with one attached hydrogen (secondary N) is 1. The molecular weight excluding hydrogens is 332 g/mol. The van der Waals surface area contributed by atoms with Crippen molar-refractivity contribution in [3.63, 3.8) is 0 Å². The van der Waals surface area contributed by atoms with Crippen LogP contribution in [0.2, 0.25) is 5.02 Å². The van der Waals surface area contributed by atoms with E-state index in [2.05, 4.69) is 25.7 Å². The number of hydrogen-bond acceptors (Lipinski definition) is 6. The maximum Gasteiger partial charge on any atom is 0.241 e. The van der Waals surface area contributed by atoms with E-state index in [0.29, 0.717) is 24.8 Å². The molecule has 1 saturated heterocycles. The van der Waals surface area contributed by atoms with E-state index in [-0.39, 0.29) is 18.5 Å². The Balaban J connectivity index is 1.67. The molecule has 1 aliphatic rings. The van der Waals surface area contributed by atoms with Gasteiger partial charge in [0.1, 0.15) is 12.9 Å². The predicted molar refractivity (Wildman–Crippen MR) is 87.4 cm³/mol. The number of rotatable bonds is 6. The molecule has 0 bridgehead atoms. The van der Waals surface area contributed by atoms with E-state index in [1.807, 2.05) is 24.3 Å². The molecule has 1 unspecified atom stereocenters. The first-order valence-corrected chi connectivity index (χ1v) is 8.15. The van der Waals surface area contributed by atoms with Crippen molar-refractivity contribution in [2.75, 3.05) is 32.8 Å². The molecule has 128 valence electrons. The van der Waals surface area contributed by atoms with Crippen molar-refractivity contribution in [2.24, 2.45) is 0 Å². The fourth-order valence-corrected chi connectivity index (χ4v) is 3.00. The van der Waals surface area contributed by atoms with Crippen LogP contribution in [-0.4, -0.2) is 63.9 Å². The topological polar surface area (TPSA) is 85.2 Å². The minimum Gasteiger partial charge on any atom is -0.379 e. The summed E-state index contributed by atoms with van der Waals surface area (Å²) in [4.78, 5) is 14.4. The van der Waals surface area contributed by atoms with Crippen LogP contribution in [0.1, 0.15) is 11.6 Å². The van der Waals surface area contributed by atoms with Crippen molar-refractivity contribution in [3.8, 4) is 0 Å². The lowest BCUT2D eigenvalue weighted by Gasteiger charge is -2.35. The number of carbonyl (C=O) groups is 1. The summed E-state index contributed by atoms with van der Waals surface area (Å²) < 4.78 is 6.81. The number of ether oxygens (including phenoxy) is 1. The zero-order valence-corrected chi connectivity index (χ0v) is 13.9. The Kier molecular flexibility index (Phi) is 5.73. The highest BCUT2D eigenvalue weighted by molar-refractivity contribution is 6.31. The molecule has 0 aliphatic carbocycles. The molecule has 0 spiro atoms. The quantitative estimate of drug-likeness (QED) is 0.817. The number of nitrogens with zero attached hydrogens (tertiary/aromatic N) is 5. The third-order valence-corrected chi connectivity index (χ3v) is 4.28. The molecule has 1 amide bonds. The van der Waals surface area contributed by atoms with Gasteiger partial charge in [0.15, 0.2) is 0 Å². The summed E-state index contributed by atoms with van der Waals surface area (Å²) in [5.41, 5.74) is 1.00. The lowest BCUT2D eigenvalue weighted by atomic mass is 10.0. The smallest absolute Gasteiger partial charge is 0.241 e. The van der Waals surface area contributed by atoms with Crippen molar-refractivity contribution in [1.82, 2.24) is 30.4 Å². The fourth-order valence-electron chi connectivity index (χ4n) is 2.74. The summed E-state index contributed by atoms with van der Waals surface area (Å²) in [5.74, 6) is -0.146. The summed E-state index contributed by atoms with van der Waals surface area (Å²) >= 11 is 6.37. The van der Waals surface area contributed by atoms with Crippen LogP contribution >= 0.6 is 11.6 Å². The van der Waals surface area contributed by atoms with Crippen LogP contribution in [0, 0.1) is 0 Å². The molecule has 3 rings (SSSR count). The van der Waals surface area contributed by atoms with Gasteiger partial charge in [0.2, 0.25) is 5.91 Å². The summed E-state index contributed by atoms with van der Waals surface area (Å²) in [7, 11) is 0. The first-order valence-electron chi connectivity index (χ1n) is 7.78. The summed E-state index contributed by atoms with van der Waals surface area (Å²) in [6.07, 6.45) is 1.41. The minimum absolute atomic E-state index is 0.000390. The van der Waals surface area contributed by atoms with Gasteiger partial charge in [-0.3, -0.25) is 9.69 Å². The maximum absolute atomic E-state index is 12.1. The fraction of sp³-hybridized carbons (Fsp3) is 0.467. The Hall–Kier alpha value is -2.03. The molecule has 1 N–H and O–H groups in total. The molecule has 1 atom stereocenters. The average molecular weight is 351 g/mol. The number of hydrogen-bond donors (Lipinski definition) is 1.